The van der Waals surface area contributed by atoms with Crippen LogP contribution in [0.4, 0.5) is 0 Å². The maximum absolute atomic E-state index is 11.9. The van der Waals surface area contributed by atoms with Gasteiger partial charge in [0.1, 0.15) is 6.04 Å². The van der Waals surface area contributed by atoms with Gasteiger partial charge in [-0.15, -0.1) is 0 Å². The molecule has 1 fully saturated rings. The number of rotatable bonds is 7. The first-order chi connectivity index (χ1) is 8.51. The smallest absolute Gasteiger partial charge is 0.320 e. The van der Waals surface area contributed by atoms with E-state index in [1.54, 1.807) is 0 Å². The molecule has 1 heterocycles. The largest absolute Gasteiger partial charge is 0.480 e. The molecule has 2 unspecified atom stereocenters. The van der Waals surface area contributed by atoms with Crippen molar-refractivity contribution in [3.05, 3.63) is 0 Å². The van der Waals surface area contributed by atoms with Gasteiger partial charge in [-0.2, -0.15) is 0 Å². The van der Waals surface area contributed by atoms with E-state index < -0.39 is 18.1 Å². The summed E-state index contributed by atoms with van der Waals surface area (Å²) in [6, 6.07) is -1.45. The van der Waals surface area contributed by atoms with Gasteiger partial charge in [-0.1, -0.05) is 20.3 Å². The van der Waals surface area contributed by atoms with E-state index in [4.69, 9.17) is 5.11 Å². The van der Waals surface area contributed by atoms with E-state index in [2.05, 4.69) is 5.32 Å². The number of aliphatic carboxylic acids is 1. The Labute approximate surface area is 106 Å². The number of hydrogen-bond donors (Lipinski definition) is 2. The molecule has 2 N–H and O–H groups in total. The van der Waals surface area contributed by atoms with Crippen molar-refractivity contribution >= 4 is 17.8 Å². The molecule has 0 bridgehead atoms. The van der Waals surface area contributed by atoms with E-state index in [1.807, 2.05) is 13.8 Å². The SMILES string of the molecule is CCCC(NC1CC(=O)N(CCC)C1=O)C(=O)O. The number of imide groups is 1. The minimum absolute atomic E-state index is 0.0618. The summed E-state index contributed by atoms with van der Waals surface area (Å²) >= 11 is 0. The van der Waals surface area contributed by atoms with Crippen molar-refractivity contribution in [1.29, 1.82) is 0 Å². The van der Waals surface area contributed by atoms with Crippen LogP contribution in [0.15, 0.2) is 0 Å². The molecular weight excluding hydrogens is 236 g/mol. The second-order valence-corrected chi connectivity index (χ2v) is 4.49. The molecule has 2 atom stereocenters. The van der Waals surface area contributed by atoms with Crippen LogP contribution in [-0.2, 0) is 14.4 Å². The highest BCUT2D eigenvalue weighted by Gasteiger charge is 2.39. The Morgan fingerprint density at radius 1 is 1.44 bits per heavy atom. The van der Waals surface area contributed by atoms with Gasteiger partial charge in [0.2, 0.25) is 11.8 Å². The number of likely N-dealkylation sites (tertiary alicyclic amines) is 1. The molecule has 102 valence electrons. The normalized spacial score (nSPS) is 21.4. The van der Waals surface area contributed by atoms with Crippen molar-refractivity contribution < 1.29 is 19.5 Å². The van der Waals surface area contributed by atoms with Crippen LogP contribution in [0.3, 0.4) is 0 Å². The lowest BCUT2D eigenvalue weighted by atomic mass is 10.1. The Hall–Kier alpha value is -1.43. The Bertz CT molecular complexity index is 343. The monoisotopic (exact) mass is 256 g/mol. The van der Waals surface area contributed by atoms with Crippen molar-refractivity contribution in [2.75, 3.05) is 6.54 Å². The number of nitrogens with one attached hydrogen (secondary N) is 1. The number of carboxylic acid groups (broad SMARTS) is 1. The van der Waals surface area contributed by atoms with Crippen LogP contribution in [0.1, 0.15) is 39.5 Å². The number of amides is 2. The van der Waals surface area contributed by atoms with Gasteiger partial charge in [0.15, 0.2) is 0 Å². The van der Waals surface area contributed by atoms with Crippen molar-refractivity contribution in [3.63, 3.8) is 0 Å². The summed E-state index contributed by atoms with van der Waals surface area (Å²) in [7, 11) is 0. The van der Waals surface area contributed by atoms with E-state index in [1.165, 1.54) is 4.90 Å². The van der Waals surface area contributed by atoms with Crippen LogP contribution in [-0.4, -0.2) is 46.4 Å². The average Bonchev–Trinajstić information content (AvgIpc) is 2.56. The van der Waals surface area contributed by atoms with E-state index in [0.717, 1.165) is 0 Å². The summed E-state index contributed by atoms with van der Waals surface area (Å²) in [4.78, 5) is 35.7. The minimum Gasteiger partial charge on any atom is -0.480 e. The first-order valence-electron chi connectivity index (χ1n) is 6.34. The zero-order valence-corrected chi connectivity index (χ0v) is 10.8. The van der Waals surface area contributed by atoms with Gasteiger partial charge in [0.05, 0.1) is 12.5 Å². The molecule has 18 heavy (non-hydrogen) atoms. The number of carboxylic acids is 1. The molecule has 0 aromatic rings. The van der Waals surface area contributed by atoms with Crippen molar-refractivity contribution in [2.24, 2.45) is 0 Å². The summed E-state index contributed by atoms with van der Waals surface area (Å²) < 4.78 is 0. The molecule has 0 saturated carbocycles. The van der Waals surface area contributed by atoms with Crippen LogP contribution < -0.4 is 5.32 Å². The van der Waals surface area contributed by atoms with Crippen LogP contribution in [0.2, 0.25) is 0 Å². The highest BCUT2D eigenvalue weighted by atomic mass is 16.4. The molecule has 6 nitrogen and oxygen atoms in total. The Kier molecular flexibility index (Phi) is 5.27. The first-order valence-corrected chi connectivity index (χ1v) is 6.34. The van der Waals surface area contributed by atoms with Crippen molar-refractivity contribution in [1.82, 2.24) is 10.2 Å². The van der Waals surface area contributed by atoms with E-state index >= 15 is 0 Å². The van der Waals surface area contributed by atoms with Gasteiger partial charge < -0.3 is 5.11 Å². The molecule has 2 amide bonds. The maximum Gasteiger partial charge on any atom is 0.320 e. The number of carbonyl (C=O) groups is 3. The van der Waals surface area contributed by atoms with Crippen molar-refractivity contribution in [2.45, 2.75) is 51.6 Å². The second kappa shape index (κ2) is 6.49. The molecule has 0 aromatic carbocycles. The Balaban J connectivity index is 2.65. The number of nitrogens with zero attached hydrogens (tertiary/aromatic N) is 1. The molecule has 0 aromatic heterocycles. The standard InChI is InChI=1S/C12H20N2O4/c1-3-5-8(12(17)18)13-9-7-10(15)14(6-4-2)11(9)16/h8-9,13H,3-7H2,1-2H3,(H,17,18). The fraction of sp³-hybridized carbons (Fsp3) is 0.750. The minimum atomic E-state index is -0.981. The van der Waals surface area contributed by atoms with E-state index in [9.17, 15) is 14.4 Å². The van der Waals surface area contributed by atoms with Crippen LogP contribution in [0, 0.1) is 0 Å². The maximum atomic E-state index is 11.9. The lowest BCUT2D eigenvalue weighted by molar-refractivity contribution is -0.140. The van der Waals surface area contributed by atoms with Gasteiger partial charge in [0, 0.05) is 6.54 Å². The fourth-order valence-electron chi connectivity index (χ4n) is 2.08. The van der Waals surface area contributed by atoms with E-state index in [0.29, 0.717) is 25.8 Å². The van der Waals surface area contributed by atoms with Gasteiger partial charge >= 0.3 is 5.97 Å². The summed E-state index contributed by atoms with van der Waals surface area (Å²) in [5, 5.41) is 11.8. The molecule has 0 aliphatic carbocycles. The predicted molar refractivity (Wildman–Crippen MR) is 64.9 cm³/mol. The molecule has 6 heteroatoms. The summed E-state index contributed by atoms with van der Waals surface area (Å²) in [5.74, 6) is -1.50. The van der Waals surface area contributed by atoms with E-state index in [-0.39, 0.29) is 18.2 Å². The Morgan fingerprint density at radius 3 is 2.61 bits per heavy atom. The third-order valence-corrected chi connectivity index (χ3v) is 2.97. The average molecular weight is 256 g/mol. The molecular formula is C12H20N2O4. The highest BCUT2D eigenvalue weighted by Crippen LogP contribution is 2.15. The molecule has 1 rings (SSSR count). The predicted octanol–water partition coefficient (Wildman–Crippen LogP) is 0.367. The van der Waals surface area contributed by atoms with Crippen LogP contribution >= 0.6 is 0 Å². The van der Waals surface area contributed by atoms with Crippen LogP contribution in [0.5, 0.6) is 0 Å². The second-order valence-electron chi connectivity index (χ2n) is 4.49. The topological polar surface area (TPSA) is 86.7 Å². The van der Waals surface area contributed by atoms with Gasteiger partial charge in [-0.25, -0.2) is 0 Å². The van der Waals surface area contributed by atoms with Crippen LogP contribution in [0.25, 0.3) is 0 Å². The fourth-order valence-corrected chi connectivity index (χ4v) is 2.08. The molecule has 0 radical (unpaired) electrons. The van der Waals surface area contributed by atoms with Gasteiger partial charge in [-0.3, -0.25) is 24.6 Å². The Morgan fingerprint density at radius 2 is 2.11 bits per heavy atom. The molecule has 1 saturated heterocycles. The lowest BCUT2D eigenvalue weighted by Crippen LogP contribution is -2.47. The zero-order chi connectivity index (χ0) is 13.7. The summed E-state index contributed by atoms with van der Waals surface area (Å²) in [5.41, 5.74) is 0. The summed E-state index contributed by atoms with van der Waals surface area (Å²) in [6.07, 6.45) is 1.92. The van der Waals surface area contributed by atoms with Gasteiger partial charge in [-0.05, 0) is 12.8 Å². The summed E-state index contributed by atoms with van der Waals surface area (Å²) in [6.45, 7) is 4.17. The first kappa shape index (κ1) is 14.6. The quantitative estimate of drug-likeness (QED) is 0.642. The number of carbonyl (C=O) groups excluding carboxylic acids is 2. The highest BCUT2D eigenvalue weighted by molar-refractivity contribution is 6.05. The molecule has 0 spiro atoms. The number of hydrogen-bond acceptors (Lipinski definition) is 4. The lowest BCUT2D eigenvalue weighted by Gasteiger charge is -2.18. The molecule has 1 aliphatic heterocycles. The molecule has 1 aliphatic rings. The third-order valence-electron chi connectivity index (χ3n) is 2.97. The van der Waals surface area contributed by atoms with Gasteiger partial charge in [0.25, 0.3) is 0 Å². The van der Waals surface area contributed by atoms with Crippen molar-refractivity contribution in [3.8, 4) is 0 Å². The third kappa shape index (κ3) is 3.29. The zero-order valence-electron chi connectivity index (χ0n) is 10.8.